The van der Waals surface area contributed by atoms with Crippen molar-refractivity contribution < 1.29 is 27.1 Å². The second kappa shape index (κ2) is 5.54. The number of carbonyl (C=O) groups excluding carboxylic acids is 1. The molecule has 0 saturated carbocycles. The van der Waals surface area contributed by atoms with E-state index in [-0.39, 0.29) is 16.9 Å². The van der Waals surface area contributed by atoms with Crippen molar-refractivity contribution in [1.29, 1.82) is 0 Å². The molecule has 106 valence electrons. The Morgan fingerprint density at radius 1 is 1.32 bits per heavy atom. The number of ether oxygens (including phenoxy) is 1. The van der Waals surface area contributed by atoms with Crippen LogP contribution in [0.3, 0.4) is 0 Å². The summed E-state index contributed by atoms with van der Waals surface area (Å²) < 4.78 is 58.3. The van der Waals surface area contributed by atoms with Crippen LogP contribution >= 0.6 is 28.3 Å². The Morgan fingerprint density at radius 2 is 1.84 bits per heavy atom. The molecule has 3 nitrogen and oxygen atoms in total. The van der Waals surface area contributed by atoms with Gasteiger partial charge in [0, 0.05) is 4.47 Å². The lowest BCUT2D eigenvalue weighted by atomic mass is 9.99. The Balaban J connectivity index is 0.00000180. The smallest absolute Gasteiger partial charge is 0.408 e. The summed E-state index contributed by atoms with van der Waals surface area (Å²) in [6, 6.07) is -0.404. The molecule has 1 amide bonds. The number of hydrogen-bond donors (Lipinski definition) is 1. The van der Waals surface area contributed by atoms with E-state index in [9.17, 15) is 22.4 Å². The molecule has 9 heteroatoms. The number of cyclic esters (lactones) is 1. The molecule has 1 heterocycles. The number of hydrogen-bond acceptors (Lipinski definition) is 2. The van der Waals surface area contributed by atoms with E-state index < -0.39 is 41.9 Å². The zero-order chi connectivity index (χ0) is 13.5. The van der Waals surface area contributed by atoms with Crippen LogP contribution in [-0.2, 0) is 4.74 Å². The molecule has 0 bridgehead atoms. The Kier molecular flexibility index (Phi) is 4.67. The van der Waals surface area contributed by atoms with Crippen LogP contribution in [0.2, 0.25) is 0 Å². The van der Waals surface area contributed by atoms with Crippen LogP contribution in [0.4, 0.5) is 22.4 Å². The van der Waals surface area contributed by atoms with E-state index in [4.69, 9.17) is 0 Å². The molecule has 19 heavy (non-hydrogen) atoms. The predicted octanol–water partition coefficient (Wildman–Crippen LogP) is 3.57. The fourth-order valence-corrected chi connectivity index (χ4v) is 2.02. The average Bonchev–Trinajstić information content (AvgIpc) is 2.22. The predicted molar refractivity (Wildman–Crippen MR) is 63.5 cm³/mol. The van der Waals surface area contributed by atoms with Gasteiger partial charge in [0.15, 0.2) is 6.61 Å². The first-order valence-electron chi connectivity index (χ1n) is 4.77. The number of amides is 1. The van der Waals surface area contributed by atoms with Crippen molar-refractivity contribution in [2.24, 2.45) is 0 Å². The first-order valence-corrected chi connectivity index (χ1v) is 5.56. The van der Waals surface area contributed by atoms with Gasteiger partial charge in [-0.2, -0.15) is 0 Å². The summed E-state index contributed by atoms with van der Waals surface area (Å²) in [5.74, 6) is -5.94. The maximum absolute atomic E-state index is 13.6. The number of carbonyl (C=O) groups is 1. The number of halogens is 6. The third-order valence-corrected chi connectivity index (χ3v) is 2.87. The van der Waals surface area contributed by atoms with Crippen LogP contribution in [0.5, 0.6) is 0 Å². The average molecular weight is 365 g/mol. The monoisotopic (exact) mass is 363 g/mol. The standard InChI is InChI=1S/C10H6BrF4NO2.ClH/c11-4-1-5(12)7(6(13)2-4)8-10(14,15)3-18-9(17)16-8;/h1-2,8H,3H2,(H,16,17);1H/t8-;/m1./s1. The highest BCUT2D eigenvalue weighted by Crippen LogP contribution is 2.37. The number of alkyl carbamates (subject to hydrolysis) is 1. The molecule has 1 aliphatic rings. The van der Waals surface area contributed by atoms with Crippen molar-refractivity contribution >= 4 is 34.4 Å². The molecule has 0 aromatic heterocycles. The largest absolute Gasteiger partial charge is 0.443 e. The first-order chi connectivity index (χ1) is 8.31. The van der Waals surface area contributed by atoms with Gasteiger partial charge in [0.1, 0.15) is 17.7 Å². The molecule has 1 aromatic rings. The lowest BCUT2D eigenvalue weighted by molar-refractivity contribution is -0.105. The summed E-state index contributed by atoms with van der Waals surface area (Å²) in [6.45, 7) is -1.22. The number of alkyl halides is 2. The van der Waals surface area contributed by atoms with Crippen molar-refractivity contribution in [1.82, 2.24) is 5.32 Å². The summed E-state index contributed by atoms with van der Waals surface area (Å²) in [4.78, 5) is 10.9. The Hall–Kier alpha value is -1.02. The minimum atomic E-state index is -3.59. The number of nitrogens with one attached hydrogen (secondary N) is 1. The summed E-state index contributed by atoms with van der Waals surface area (Å²) in [6.07, 6.45) is -1.15. The minimum absolute atomic E-state index is 0. The highest BCUT2D eigenvalue weighted by atomic mass is 79.9. The Labute approximate surface area is 119 Å². The van der Waals surface area contributed by atoms with Crippen molar-refractivity contribution in [3.63, 3.8) is 0 Å². The summed E-state index contributed by atoms with van der Waals surface area (Å²) >= 11 is 2.83. The third kappa shape index (κ3) is 3.11. The van der Waals surface area contributed by atoms with Gasteiger partial charge in [0.2, 0.25) is 0 Å². The van der Waals surface area contributed by atoms with Gasteiger partial charge in [-0.25, -0.2) is 22.4 Å². The Bertz CT molecular complexity index is 491. The Morgan fingerprint density at radius 3 is 2.37 bits per heavy atom. The topological polar surface area (TPSA) is 38.3 Å². The van der Waals surface area contributed by atoms with Crippen molar-refractivity contribution in [2.75, 3.05) is 6.61 Å². The van der Waals surface area contributed by atoms with E-state index in [0.717, 1.165) is 12.1 Å². The molecular weight excluding hydrogens is 357 g/mol. The van der Waals surface area contributed by atoms with Gasteiger partial charge in [0.05, 0.1) is 5.56 Å². The minimum Gasteiger partial charge on any atom is -0.443 e. The summed E-state index contributed by atoms with van der Waals surface area (Å²) in [7, 11) is 0. The molecule has 0 spiro atoms. The molecule has 2 rings (SSSR count). The molecule has 1 N–H and O–H groups in total. The normalized spacial score (nSPS) is 21.1. The zero-order valence-corrected chi connectivity index (χ0v) is 11.5. The molecular formula is C10H7BrClF4NO2. The molecule has 1 saturated heterocycles. The van der Waals surface area contributed by atoms with Gasteiger partial charge >= 0.3 is 12.0 Å². The van der Waals surface area contributed by atoms with Crippen molar-refractivity contribution in [3.05, 3.63) is 33.8 Å². The SMILES string of the molecule is Cl.O=C1N[C@H](c2c(F)cc(Br)cc2F)C(F)(F)CO1. The molecule has 1 atom stereocenters. The number of rotatable bonds is 1. The van der Waals surface area contributed by atoms with Crippen LogP contribution in [0.25, 0.3) is 0 Å². The lowest BCUT2D eigenvalue weighted by Crippen LogP contribution is -2.50. The van der Waals surface area contributed by atoms with Crippen LogP contribution in [0.15, 0.2) is 16.6 Å². The van der Waals surface area contributed by atoms with Crippen LogP contribution in [-0.4, -0.2) is 18.6 Å². The molecule has 1 aliphatic heterocycles. The van der Waals surface area contributed by atoms with E-state index in [1.54, 1.807) is 5.32 Å². The van der Waals surface area contributed by atoms with Gasteiger partial charge in [0.25, 0.3) is 0 Å². The van der Waals surface area contributed by atoms with Crippen LogP contribution in [0, 0.1) is 11.6 Å². The summed E-state index contributed by atoms with van der Waals surface area (Å²) in [5.41, 5.74) is -0.889. The molecule has 1 aromatic carbocycles. The zero-order valence-electron chi connectivity index (χ0n) is 9.05. The van der Waals surface area contributed by atoms with Gasteiger partial charge < -0.3 is 10.1 Å². The van der Waals surface area contributed by atoms with E-state index in [1.165, 1.54) is 0 Å². The highest BCUT2D eigenvalue weighted by Gasteiger charge is 2.49. The molecule has 0 unspecified atom stereocenters. The second-order valence-electron chi connectivity index (χ2n) is 3.70. The highest BCUT2D eigenvalue weighted by molar-refractivity contribution is 9.10. The van der Waals surface area contributed by atoms with Crippen LogP contribution < -0.4 is 5.32 Å². The van der Waals surface area contributed by atoms with Gasteiger partial charge in [-0.05, 0) is 12.1 Å². The molecule has 0 aliphatic carbocycles. The van der Waals surface area contributed by atoms with E-state index in [0.29, 0.717) is 0 Å². The quantitative estimate of drug-likeness (QED) is 0.774. The van der Waals surface area contributed by atoms with Gasteiger partial charge in [-0.1, -0.05) is 15.9 Å². The van der Waals surface area contributed by atoms with Crippen molar-refractivity contribution in [2.45, 2.75) is 12.0 Å². The lowest BCUT2D eigenvalue weighted by Gasteiger charge is -2.32. The van der Waals surface area contributed by atoms with Crippen molar-refractivity contribution in [3.8, 4) is 0 Å². The van der Waals surface area contributed by atoms with E-state index in [1.807, 2.05) is 0 Å². The summed E-state index contributed by atoms with van der Waals surface area (Å²) in [5, 5.41) is 1.72. The van der Waals surface area contributed by atoms with Gasteiger partial charge in [-0.3, -0.25) is 0 Å². The fourth-order valence-electron chi connectivity index (χ4n) is 1.62. The maximum Gasteiger partial charge on any atom is 0.408 e. The molecule has 1 fully saturated rings. The third-order valence-electron chi connectivity index (χ3n) is 2.41. The van der Waals surface area contributed by atoms with Gasteiger partial charge in [-0.15, -0.1) is 12.4 Å². The van der Waals surface area contributed by atoms with E-state index >= 15 is 0 Å². The van der Waals surface area contributed by atoms with E-state index in [2.05, 4.69) is 20.7 Å². The first kappa shape index (κ1) is 16.0. The second-order valence-corrected chi connectivity index (χ2v) is 4.61. The number of benzene rings is 1. The molecule has 0 radical (unpaired) electrons. The van der Waals surface area contributed by atoms with Crippen LogP contribution in [0.1, 0.15) is 11.6 Å². The maximum atomic E-state index is 13.6. The fraction of sp³-hybridized carbons (Fsp3) is 0.300.